The minimum atomic E-state index is -0.589. The second kappa shape index (κ2) is 6.65. The summed E-state index contributed by atoms with van der Waals surface area (Å²) in [5, 5.41) is 19.4. The molecule has 0 aliphatic carbocycles. The van der Waals surface area contributed by atoms with Gasteiger partial charge >= 0.3 is 0 Å². The van der Waals surface area contributed by atoms with Crippen molar-refractivity contribution in [3.63, 3.8) is 0 Å². The molecule has 0 unspecified atom stereocenters. The molecule has 1 saturated heterocycles. The molecule has 1 aliphatic rings. The fourth-order valence-corrected chi connectivity index (χ4v) is 2.71. The molecule has 0 saturated carbocycles. The van der Waals surface area contributed by atoms with Crippen LogP contribution < -0.4 is 4.90 Å². The number of piperidine rings is 1. The van der Waals surface area contributed by atoms with Crippen molar-refractivity contribution in [1.29, 1.82) is 0 Å². The van der Waals surface area contributed by atoms with Crippen molar-refractivity contribution in [1.82, 2.24) is 0 Å². The Morgan fingerprint density at radius 3 is 2.65 bits per heavy atom. The van der Waals surface area contributed by atoms with E-state index in [0.29, 0.717) is 11.6 Å². The van der Waals surface area contributed by atoms with Gasteiger partial charge in [0, 0.05) is 25.8 Å². The summed E-state index contributed by atoms with van der Waals surface area (Å²) in [5.74, 6) is 0.0486. The summed E-state index contributed by atoms with van der Waals surface area (Å²) in [7, 11) is 0. The summed E-state index contributed by atoms with van der Waals surface area (Å²) in [5.41, 5.74) is 0.222. The van der Waals surface area contributed by atoms with E-state index < -0.39 is 10.7 Å². The lowest BCUT2D eigenvalue weighted by atomic mass is 9.92. The topological polar surface area (TPSA) is 66.6 Å². The maximum absolute atomic E-state index is 13.9. The highest BCUT2D eigenvalue weighted by Gasteiger charge is 2.22. The Morgan fingerprint density at radius 1 is 1.40 bits per heavy atom. The number of nitrogens with zero attached hydrogens (tertiary/aromatic N) is 2. The molecule has 110 valence electrons. The Morgan fingerprint density at radius 2 is 2.10 bits per heavy atom. The first-order chi connectivity index (χ1) is 9.61. The number of hydrogen-bond acceptors (Lipinski definition) is 4. The van der Waals surface area contributed by atoms with Crippen molar-refractivity contribution in [2.75, 3.05) is 24.6 Å². The number of nitro benzene ring substituents is 1. The smallest absolute Gasteiger partial charge is 0.272 e. The summed E-state index contributed by atoms with van der Waals surface area (Å²) in [4.78, 5) is 11.9. The SMILES string of the molecule is O=[N+]([O-])c1ccc(N2CCC(CCCO)CC2)c(F)c1. The number of aliphatic hydroxyl groups excluding tert-OH is 1. The van der Waals surface area contributed by atoms with E-state index >= 15 is 0 Å². The normalized spacial score (nSPS) is 16.4. The number of benzene rings is 1. The van der Waals surface area contributed by atoms with Crippen molar-refractivity contribution in [2.24, 2.45) is 5.92 Å². The van der Waals surface area contributed by atoms with Crippen molar-refractivity contribution < 1.29 is 14.4 Å². The molecule has 1 fully saturated rings. The first-order valence-corrected chi connectivity index (χ1v) is 6.91. The standard InChI is InChI=1S/C14H19FN2O3/c15-13-10-12(17(19)20)3-4-14(13)16-7-5-11(6-8-16)2-1-9-18/h3-4,10-11,18H,1-2,5-9H2. The Labute approximate surface area is 117 Å². The fraction of sp³-hybridized carbons (Fsp3) is 0.571. The minimum Gasteiger partial charge on any atom is -0.396 e. The van der Waals surface area contributed by atoms with Gasteiger partial charge in [-0.05, 0) is 37.7 Å². The van der Waals surface area contributed by atoms with Gasteiger partial charge in [-0.2, -0.15) is 0 Å². The zero-order valence-electron chi connectivity index (χ0n) is 11.3. The number of aliphatic hydroxyl groups is 1. The second-order valence-corrected chi connectivity index (χ2v) is 5.19. The third kappa shape index (κ3) is 3.45. The van der Waals surface area contributed by atoms with Crippen LogP contribution in [0.25, 0.3) is 0 Å². The largest absolute Gasteiger partial charge is 0.396 e. The van der Waals surface area contributed by atoms with E-state index in [0.717, 1.165) is 44.8 Å². The molecule has 0 aromatic heterocycles. The Bertz CT molecular complexity index is 473. The predicted octanol–water partition coefficient (Wildman–Crippen LogP) is 2.72. The van der Waals surface area contributed by atoms with Gasteiger partial charge in [0.2, 0.25) is 0 Å². The molecule has 0 radical (unpaired) electrons. The van der Waals surface area contributed by atoms with Gasteiger partial charge in [-0.3, -0.25) is 10.1 Å². The molecule has 1 aromatic carbocycles. The number of non-ortho nitro benzene ring substituents is 1. The van der Waals surface area contributed by atoms with Crippen molar-refractivity contribution in [3.8, 4) is 0 Å². The zero-order valence-corrected chi connectivity index (χ0v) is 11.3. The highest BCUT2D eigenvalue weighted by atomic mass is 19.1. The van der Waals surface area contributed by atoms with Gasteiger partial charge < -0.3 is 10.0 Å². The predicted molar refractivity (Wildman–Crippen MR) is 74.3 cm³/mol. The maximum Gasteiger partial charge on any atom is 0.272 e. The lowest BCUT2D eigenvalue weighted by Crippen LogP contribution is -2.34. The monoisotopic (exact) mass is 282 g/mol. The number of rotatable bonds is 5. The third-order valence-electron chi connectivity index (χ3n) is 3.87. The lowest BCUT2D eigenvalue weighted by molar-refractivity contribution is -0.385. The van der Waals surface area contributed by atoms with Crippen molar-refractivity contribution in [2.45, 2.75) is 25.7 Å². The molecular weight excluding hydrogens is 263 g/mol. The summed E-state index contributed by atoms with van der Waals surface area (Å²) in [6.45, 7) is 1.73. The van der Waals surface area contributed by atoms with Crippen LogP contribution >= 0.6 is 0 Å². The highest BCUT2D eigenvalue weighted by molar-refractivity contribution is 5.52. The van der Waals surface area contributed by atoms with Crippen molar-refractivity contribution >= 4 is 11.4 Å². The van der Waals surface area contributed by atoms with E-state index in [-0.39, 0.29) is 12.3 Å². The van der Waals surface area contributed by atoms with E-state index in [9.17, 15) is 14.5 Å². The van der Waals surface area contributed by atoms with Gasteiger partial charge in [-0.1, -0.05) is 0 Å². The third-order valence-corrected chi connectivity index (χ3v) is 3.87. The summed E-state index contributed by atoms with van der Waals surface area (Å²) >= 11 is 0. The lowest BCUT2D eigenvalue weighted by Gasteiger charge is -2.33. The molecule has 20 heavy (non-hydrogen) atoms. The summed E-state index contributed by atoms with van der Waals surface area (Å²) in [6.07, 6.45) is 3.76. The molecule has 0 bridgehead atoms. The molecule has 0 atom stereocenters. The average Bonchev–Trinajstić information content (AvgIpc) is 2.45. The van der Waals surface area contributed by atoms with E-state index in [1.165, 1.54) is 12.1 Å². The van der Waals surface area contributed by atoms with Gasteiger partial charge in [-0.15, -0.1) is 0 Å². The average molecular weight is 282 g/mol. The van der Waals surface area contributed by atoms with Crippen LogP contribution in [-0.2, 0) is 0 Å². The molecule has 1 aromatic rings. The maximum atomic E-state index is 13.9. The van der Waals surface area contributed by atoms with Gasteiger partial charge in [0.05, 0.1) is 16.7 Å². The molecule has 1 aliphatic heterocycles. The first kappa shape index (κ1) is 14.7. The van der Waals surface area contributed by atoms with E-state index in [4.69, 9.17) is 5.11 Å². The number of anilines is 1. The highest BCUT2D eigenvalue weighted by Crippen LogP contribution is 2.29. The van der Waals surface area contributed by atoms with Crippen LogP contribution in [0.15, 0.2) is 18.2 Å². The second-order valence-electron chi connectivity index (χ2n) is 5.19. The Balaban J connectivity index is 1.98. The molecular formula is C14H19FN2O3. The van der Waals surface area contributed by atoms with E-state index in [1.807, 2.05) is 4.90 Å². The van der Waals surface area contributed by atoms with Crippen LogP contribution in [-0.4, -0.2) is 29.7 Å². The van der Waals surface area contributed by atoms with Gasteiger partial charge in [-0.25, -0.2) is 4.39 Å². The Kier molecular flexibility index (Phi) is 4.89. The van der Waals surface area contributed by atoms with E-state index in [1.54, 1.807) is 0 Å². The summed E-state index contributed by atoms with van der Waals surface area (Å²) < 4.78 is 13.9. The fourth-order valence-electron chi connectivity index (χ4n) is 2.71. The van der Waals surface area contributed by atoms with Crippen LogP contribution in [0.3, 0.4) is 0 Å². The molecule has 0 spiro atoms. The van der Waals surface area contributed by atoms with Gasteiger partial charge in [0.1, 0.15) is 0 Å². The molecule has 5 nitrogen and oxygen atoms in total. The van der Waals surface area contributed by atoms with Crippen LogP contribution in [0.5, 0.6) is 0 Å². The van der Waals surface area contributed by atoms with Crippen LogP contribution in [0.2, 0.25) is 0 Å². The number of nitro groups is 1. The minimum absolute atomic E-state index is 0.218. The number of halogens is 1. The zero-order chi connectivity index (χ0) is 14.5. The summed E-state index contributed by atoms with van der Waals surface area (Å²) in [6, 6.07) is 3.81. The number of hydrogen-bond donors (Lipinski definition) is 1. The van der Waals surface area contributed by atoms with Crippen LogP contribution in [0.4, 0.5) is 15.8 Å². The molecule has 0 amide bonds. The van der Waals surface area contributed by atoms with Crippen LogP contribution in [0, 0.1) is 21.8 Å². The molecule has 2 rings (SSSR count). The first-order valence-electron chi connectivity index (χ1n) is 6.91. The molecule has 1 heterocycles. The molecule has 6 heteroatoms. The Hall–Kier alpha value is -1.69. The van der Waals surface area contributed by atoms with Crippen molar-refractivity contribution in [3.05, 3.63) is 34.1 Å². The quantitative estimate of drug-likeness (QED) is 0.666. The van der Waals surface area contributed by atoms with Gasteiger partial charge in [0.15, 0.2) is 5.82 Å². The van der Waals surface area contributed by atoms with Crippen LogP contribution in [0.1, 0.15) is 25.7 Å². The van der Waals surface area contributed by atoms with Gasteiger partial charge in [0.25, 0.3) is 5.69 Å². The van der Waals surface area contributed by atoms with E-state index in [2.05, 4.69) is 0 Å². The molecule has 1 N–H and O–H groups in total.